The van der Waals surface area contributed by atoms with Gasteiger partial charge < -0.3 is 14.9 Å². The average Bonchev–Trinajstić information content (AvgIpc) is 2.56. The van der Waals surface area contributed by atoms with Crippen molar-refractivity contribution in [3.05, 3.63) is 17.8 Å². The zero-order valence-electron chi connectivity index (χ0n) is 8.40. The molecule has 0 aromatic carbocycles. The van der Waals surface area contributed by atoms with Gasteiger partial charge in [-0.1, -0.05) is 0 Å². The van der Waals surface area contributed by atoms with Crippen molar-refractivity contribution in [3.8, 4) is 0 Å². The Morgan fingerprint density at radius 1 is 1.64 bits per heavy atom. The van der Waals surface area contributed by atoms with Crippen molar-refractivity contribution in [1.82, 2.24) is 4.98 Å². The maximum atomic E-state index is 5.95. The van der Waals surface area contributed by atoms with Gasteiger partial charge in [0.25, 0.3) is 0 Å². The van der Waals surface area contributed by atoms with Crippen molar-refractivity contribution in [2.45, 2.75) is 25.8 Å². The third-order valence-electron chi connectivity index (χ3n) is 2.69. The molecule has 2 atom stereocenters. The molecule has 0 saturated carbocycles. The molecule has 14 heavy (non-hydrogen) atoms. The van der Waals surface area contributed by atoms with E-state index in [1.807, 2.05) is 6.92 Å². The molecule has 0 spiro atoms. The number of aromatic nitrogens is 1. The van der Waals surface area contributed by atoms with E-state index in [1.54, 1.807) is 6.26 Å². The van der Waals surface area contributed by atoms with Crippen molar-refractivity contribution in [2.75, 3.05) is 13.2 Å². The van der Waals surface area contributed by atoms with E-state index < -0.39 is 0 Å². The number of nitrogens with two attached hydrogens (primary N) is 1. The van der Waals surface area contributed by atoms with E-state index in [2.05, 4.69) is 4.98 Å². The molecule has 1 aromatic heterocycles. The molecule has 78 valence electrons. The second-order valence-electron chi connectivity index (χ2n) is 3.85. The van der Waals surface area contributed by atoms with Gasteiger partial charge in [-0.3, -0.25) is 0 Å². The molecular formula is C10H16N2O2. The topological polar surface area (TPSA) is 61.3 Å². The summed E-state index contributed by atoms with van der Waals surface area (Å²) in [5.74, 6) is 1.20. The fourth-order valence-electron chi connectivity index (χ4n) is 1.83. The number of hydrogen-bond donors (Lipinski definition) is 1. The van der Waals surface area contributed by atoms with Crippen LogP contribution in [-0.2, 0) is 11.2 Å². The molecule has 4 nitrogen and oxygen atoms in total. The van der Waals surface area contributed by atoms with Crippen molar-refractivity contribution < 1.29 is 9.15 Å². The van der Waals surface area contributed by atoms with Crippen molar-refractivity contribution in [3.63, 3.8) is 0 Å². The Labute approximate surface area is 83.4 Å². The molecule has 2 N–H and O–H groups in total. The smallest absolute Gasteiger partial charge is 0.191 e. The molecule has 0 amide bonds. The predicted octanol–water partition coefficient (Wildman–Crippen LogP) is 0.889. The molecule has 1 fully saturated rings. The van der Waals surface area contributed by atoms with Gasteiger partial charge in [-0.15, -0.1) is 0 Å². The van der Waals surface area contributed by atoms with E-state index in [4.69, 9.17) is 14.9 Å². The first-order chi connectivity index (χ1) is 6.75. The Morgan fingerprint density at radius 3 is 3.14 bits per heavy atom. The van der Waals surface area contributed by atoms with E-state index in [0.29, 0.717) is 12.5 Å². The second-order valence-corrected chi connectivity index (χ2v) is 3.85. The number of ether oxygens (including phenoxy) is 1. The Bertz CT molecular complexity index is 298. The standard InChI is InChI=1S/C10H16N2O2/c1-7-12-9(5-14-7)4-8-2-3-13-6-10(8)11/h5,8,10H,2-4,6,11H2,1H3. The van der Waals surface area contributed by atoms with Gasteiger partial charge in [-0.05, 0) is 18.8 Å². The van der Waals surface area contributed by atoms with E-state index in [0.717, 1.165) is 31.0 Å². The number of hydrogen-bond acceptors (Lipinski definition) is 4. The van der Waals surface area contributed by atoms with Gasteiger partial charge in [0.15, 0.2) is 5.89 Å². The summed E-state index contributed by atoms with van der Waals surface area (Å²) >= 11 is 0. The van der Waals surface area contributed by atoms with Gasteiger partial charge in [-0.2, -0.15) is 0 Å². The average molecular weight is 196 g/mol. The molecule has 2 unspecified atom stereocenters. The van der Waals surface area contributed by atoms with Crippen LogP contribution in [0.5, 0.6) is 0 Å². The Kier molecular flexibility index (Phi) is 2.84. The number of rotatable bonds is 2. The highest BCUT2D eigenvalue weighted by atomic mass is 16.5. The molecular weight excluding hydrogens is 180 g/mol. The van der Waals surface area contributed by atoms with Crippen LogP contribution in [0, 0.1) is 12.8 Å². The van der Waals surface area contributed by atoms with Gasteiger partial charge in [-0.25, -0.2) is 4.98 Å². The summed E-state index contributed by atoms with van der Waals surface area (Å²) in [5, 5.41) is 0. The largest absolute Gasteiger partial charge is 0.449 e. The first-order valence-corrected chi connectivity index (χ1v) is 5.00. The highest BCUT2D eigenvalue weighted by molar-refractivity contribution is 4.98. The predicted molar refractivity (Wildman–Crippen MR) is 51.8 cm³/mol. The van der Waals surface area contributed by atoms with Crippen LogP contribution in [0.15, 0.2) is 10.7 Å². The molecule has 4 heteroatoms. The fraction of sp³-hybridized carbons (Fsp3) is 0.700. The SMILES string of the molecule is Cc1nc(CC2CCOCC2N)co1. The number of nitrogens with zero attached hydrogens (tertiary/aromatic N) is 1. The lowest BCUT2D eigenvalue weighted by Gasteiger charge is -2.27. The third kappa shape index (κ3) is 2.13. The summed E-state index contributed by atoms with van der Waals surface area (Å²) in [5.41, 5.74) is 6.95. The van der Waals surface area contributed by atoms with Crippen LogP contribution in [-0.4, -0.2) is 24.2 Å². The summed E-state index contributed by atoms with van der Waals surface area (Å²) in [6, 6.07) is 0.140. The van der Waals surface area contributed by atoms with Gasteiger partial charge in [0, 0.05) is 19.6 Å². The molecule has 2 rings (SSSR count). The lowest BCUT2D eigenvalue weighted by Crippen LogP contribution is -2.40. The second kappa shape index (κ2) is 4.11. The molecule has 2 heterocycles. The van der Waals surface area contributed by atoms with Gasteiger partial charge >= 0.3 is 0 Å². The zero-order chi connectivity index (χ0) is 9.97. The van der Waals surface area contributed by atoms with Gasteiger partial charge in [0.1, 0.15) is 6.26 Å². The van der Waals surface area contributed by atoms with E-state index in [-0.39, 0.29) is 6.04 Å². The summed E-state index contributed by atoms with van der Waals surface area (Å²) in [6.45, 7) is 3.34. The quantitative estimate of drug-likeness (QED) is 0.763. The fourth-order valence-corrected chi connectivity index (χ4v) is 1.83. The van der Waals surface area contributed by atoms with Crippen molar-refractivity contribution in [2.24, 2.45) is 11.7 Å². The summed E-state index contributed by atoms with van der Waals surface area (Å²) < 4.78 is 10.4. The van der Waals surface area contributed by atoms with Crippen LogP contribution >= 0.6 is 0 Å². The molecule has 1 saturated heterocycles. The van der Waals surface area contributed by atoms with Crippen LogP contribution < -0.4 is 5.73 Å². The van der Waals surface area contributed by atoms with E-state index in [1.165, 1.54) is 0 Å². The van der Waals surface area contributed by atoms with E-state index in [9.17, 15) is 0 Å². The Balaban J connectivity index is 1.95. The zero-order valence-corrected chi connectivity index (χ0v) is 8.40. The maximum Gasteiger partial charge on any atom is 0.191 e. The minimum atomic E-state index is 0.140. The lowest BCUT2D eigenvalue weighted by atomic mass is 9.91. The van der Waals surface area contributed by atoms with Gasteiger partial charge in [0.05, 0.1) is 12.3 Å². The molecule has 0 radical (unpaired) electrons. The Hall–Kier alpha value is -0.870. The molecule has 1 aliphatic rings. The van der Waals surface area contributed by atoms with Crippen molar-refractivity contribution >= 4 is 0 Å². The molecule has 1 aromatic rings. The summed E-state index contributed by atoms with van der Waals surface area (Å²) in [4.78, 5) is 4.28. The monoisotopic (exact) mass is 196 g/mol. The van der Waals surface area contributed by atoms with Crippen LogP contribution in [0.4, 0.5) is 0 Å². The summed E-state index contributed by atoms with van der Waals surface area (Å²) in [6.07, 6.45) is 3.65. The van der Waals surface area contributed by atoms with Crippen LogP contribution in [0.1, 0.15) is 18.0 Å². The molecule has 1 aliphatic heterocycles. The minimum Gasteiger partial charge on any atom is -0.449 e. The maximum absolute atomic E-state index is 5.95. The van der Waals surface area contributed by atoms with Crippen LogP contribution in [0.3, 0.4) is 0 Å². The highest BCUT2D eigenvalue weighted by Gasteiger charge is 2.23. The highest BCUT2D eigenvalue weighted by Crippen LogP contribution is 2.18. The Morgan fingerprint density at radius 2 is 2.50 bits per heavy atom. The lowest BCUT2D eigenvalue weighted by molar-refractivity contribution is 0.0490. The first-order valence-electron chi connectivity index (χ1n) is 5.00. The number of oxazole rings is 1. The normalized spacial score (nSPS) is 27.9. The number of aryl methyl sites for hydroxylation is 1. The summed E-state index contributed by atoms with van der Waals surface area (Å²) in [7, 11) is 0. The van der Waals surface area contributed by atoms with Crippen molar-refractivity contribution in [1.29, 1.82) is 0 Å². The van der Waals surface area contributed by atoms with E-state index >= 15 is 0 Å². The third-order valence-corrected chi connectivity index (χ3v) is 2.69. The van der Waals surface area contributed by atoms with Gasteiger partial charge in [0.2, 0.25) is 0 Å². The molecule has 0 aliphatic carbocycles. The first kappa shape index (κ1) is 9.68. The van der Waals surface area contributed by atoms with Crippen LogP contribution in [0.25, 0.3) is 0 Å². The van der Waals surface area contributed by atoms with Crippen LogP contribution in [0.2, 0.25) is 0 Å². The molecule has 0 bridgehead atoms. The minimum absolute atomic E-state index is 0.140.